The molecule has 1 saturated heterocycles. The molecule has 0 spiro atoms. The van der Waals surface area contributed by atoms with Gasteiger partial charge in [0, 0.05) is 12.8 Å². The molecule has 0 bridgehead atoms. The highest BCUT2D eigenvalue weighted by molar-refractivity contribution is 5.73. The van der Waals surface area contributed by atoms with Gasteiger partial charge in [-0.05, 0) is 6.92 Å². The number of aliphatic hydroxyl groups is 2. The van der Waals surface area contributed by atoms with Gasteiger partial charge in [-0.25, -0.2) is 0 Å². The number of amides is 1. The van der Waals surface area contributed by atoms with E-state index in [4.69, 9.17) is 9.84 Å². The Kier molecular flexibility index (Phi) is 4.07. The molecule has 0 aromatic carbocycles. The van der Waals surface area contributed by atoms with E-state index < -0.39 is 12.1 Å². The fourth-order valence-electron chi connectivity index (χ4n) is 1.96. The van der Waals surface area contributed by atoms with Crippen molar-refractivity contribution in [3.05, 3.63) is 0 Å². The minimum atomic E-state index is -0.685. The van der Waals surface area contributed by atoms with Gasteiger partial charge < -0.3 is 20.3 Å². The van der Waals surface area contributed by atoms with Gasteiger partial charge in [-0.3, -0.25) is 4.79 Å². The molecule has 15 heavy (non-hydrogen) atoms. The Balaban J connectivity index is 2.70. The highest BCUT2D eigenvalue weighted by Crippen LogP contribution is 2.25. The summed E-state index contributed by atoms with van der Waals surface area (Å²) >= 11 is 0. The Labute approximate surface area is 89.4 Å². The molecule has 88 valence electrons. The highest BCUT2D eigenvalue weighted by Gasteiger charge is 2.40. The number of aliphatic hydroxyl groups excluding tert-OH is 2. The first-order chi connectivity index (χ1) is 6.97. The van der Waals surface area contributed by atoms with Crippen molar-refractivity contribution in [2.45, 2.75) is 45.1 Å². The molecule has 0 aromatic rings. The average Bonchev–Trinajstić information content (AvgIpc) is 2.18. The molecular weight excluding hydrogens is 198 g/mol. The Hall–Kier alpha value is -0.650. The van der Waals surface area contributed by atoms with Crippen molar-refractivity contribution in [1.82, 2.24) is 5.32 Å². The quantitative estimate of drug-likeness (QED) is 0.569. The van der Waals surface area contributed by atoms with Crippen LogP contribution in [-0.4, -0.2) is 47.1 Å². The third kappa shape index (κ3) is 2.68. The van der Waals surface area contributed by atoms with Gasteiger partial charge in [-0.1, -0.05) is 6.92 Å². The molecule has 1 fully saturated rings. The summed E-state index contributed by atoms with van der Waals surface area (Å²) in [6, 6.07) is -0.403. The topological polar surface area (TPSA) is 78.8 Å². The fraction of sp³-hybridized carbons (Fsp3) is 0.900. The number of nitrogens with one attached hydrogen (secondary N) is 1. The molecule has 3 N–H and O–H groups in total. The lowest BCUT2D eigenvalue weighted by Gasteiger charge is -2.42. The molecule has 0 saturated carbocycles. The SMILES string of the molecule is CC(=O)N[C@H]1[C@H](O)[C@H](C)[C@@H](CO)O[C@H]1C. The first kappa shape index (κ1) is 12.4. The van der Waals surface area contributed by atoms with Crippen molar-refractivity contribution in [3.8, 4) is 0 Å². The van der Waals surface area contributed by atoms with Crippen molar-refractivity contribution in [2.75, 3.05) is 6.61 Å². The van der Waals surface area contributed by atoms with E-state index in [2.05, 4.69) is 5.32 Å². The third-order valence-corrected chi connectivity index (χ3v) is 2.94. The Morgan fingerprint density at radius 2 is 2.07 bits per heavy atom. The second kappa shape index (κ2) is 4.92. The lowest BCUT2D eigenvalue weighted by atomic mass is 9.87. The first-order valence-electron chi connectivity index (χ1n) is 5.18. The standard InChI is InChI=1S/C10H19NO4/c1-5-8(4-12)15-6(2)9(10(5)14)11-7(3)13/h5-6,8-10,12,14H,4H2,1-3H3,(H,11,13)/t5-,6+,8-,9-,10-/m1/s1. The molecule has 0 radical (unpaired) electrons. The summed E-state index contributed by atoms with van der Waals surface area (Å²) in [5.41, 5.74) is 0. The molecule has 0 unspecified atom stereocenters. The smallest absolute Gasteiger partial charge is 0.217 e. The van der Waals surface area contributed by atoms with Crippen LogP contribution in [0.2, 0.25) is 0 Å². The van der Waals surface area contributed by atoms with Crippen LogP contribution in [0.5, 0.6) is 0 Å². The lowest BCUT2D eigenvalue weighted by molar-refractivity contribution is -0.160. The van der Waals surface area contributed by atoms with Crippen molar-refractivity contribution in [3.63, 3.8) is 0 Å². The van der Waals surface area contributed by atoms with Gasteiger partial charge in [0.25, 0.3) is 0 Å². The zero-order chi connectivity index (χ0) is 11.6. The number of hydrogen-bond donors (Lipinski definition) is 3. The number of carbonyl (C=O) groups excluding carboxylic acids is 1. The molecule has 1 heterocycles. The summed E-state index contributed by atoms with van der Waals surface area (Å²) in [4.78, 5) is 10.9. The van der Waals surface area contributed by atoms with Crippen LogP contribution < -0.4 is 5.32 Å². The average molecular weight is 217 g/mol. The first-order valence-corrected chi connectivity index (χ1v) is 5.18. The number of carbonyl (C=O) groups is 1. The highest BCUT2D eigenvalue weighted by atomic mass is 16.5. The zero-order valence-electron chi connectivity index (χ0n) is 9.30. The largest absolute Gasteiger partial charge is 0.394 e. The van der Waals surface area contributed by atoms with Crippen LogP contribution in [0, 0.1) is 5.92 Å². The molecule has 5 heteroatoms. The van der Waals surface area contributed by atoms with E-state index in [1.54, 1.807) is 13.8 Å². The van der Waals surface area contributed by atoms with Crippen molar-refractivity contribution >= 4 is 5.91 Å². The van der Waals surface area contributed by atoms with Gasteiger partial charge >= 0.3 is 0 Å². The van der Waals surface area contributed by atoms with Crippen LogP contribution >= 0.6 is 0 Å². The van der Waals surface area contributed by atoms with Crippen LogP contribution in [0.1, 0.15) is 20.8 Å². The molecule has 1 aliphatic rings. The normalized spacial score (nSPS) is 41.3. The number of hydrogen-bond acceptors (Lipinski definition) is 4. The summed E-state index contributed by atoms with van der Waals surface area (Å²) in [5.74, 6) is -0.382. The van der Waals surface area contributed by atoms with E-state index in [9.17, 15) is 9.90 Å². The molecule has 1 aliphatic heterocycles. The second-order valence-corrected chi connectivity index (χ2v) is 4.14. The Bertz CT molecular complexity index is 233. The van der Waals surface area contributed by atoms with E-state index in [0.717, 1.165) is 0 Å². The summed E-state index contributed by atoms with van der Waals surface area (Å²) in [6.07, 6.45) is -1.34. The van der Waals surface area contributed by atoms with E-state index >= 15 is 0 Å². The van der Waals surface area contributed by atoms with Crippen LogP contribution in [0.15, 0.2) is 0 Å². The molecule has 1 amide bonds. The predicted octanol–water partition coefficient (Wildman–Crippen LogP) is -0.732. The number of rotatable bonds is 2. The maximum Gasteiger partial charge on any atom is 0.217 e. The van der Waals surface area contributed by atoms with E-state index in [-0.39, 0.29) is 30.6 Å². The van der Waals surface area contributed by atoms with Crippen LogP contribution in [-0.2, 0) is 9.53 Å². The summed E-state index contributed by atoms with van der Waals surface area (Å²) in [7, 11) is 0. The van der Waals surface area contributed by atoms with Crippen LogP contribution in [0.3, 0.4) is 0 Å². The zero-order valence-corrected chi connectivity index (χ0v) is 9.30. The van der Waals surface area contributed by atoms with Crippen molar-refractivity contribution < 1.29 is 19.7 Å². The van der Waals surface area contributed by atoms with Gasteiger partial charge in [0.1, 0.15) is 0 Å². The summed E-state index contributed by atoms with van der Waals surface area (Å²) in [6.45, 7) is 4.86. The van der Waals surface area contributed by atoms with Crippen molar-refractivity contribution in [2.24, 2.45) is 5.92 Å². The predicted molar refractivity (Wildman–Crippen MR) is 54.2 cm³/mol. The van der Waals surface area contributed by atoms with E-state index in [1.165, 1.54) is 6.92 Å². The molecular formula is C10H19NO4. The molecule has 5 nitrogen and oxygen atoms in total. The minimum Gasteiger partial charge on any atom is -0.394 e. The van der Waals surface area contributed by atoms with Crippen LogP contribution in [0.25, 0.3) is 0 Å². The van der Waals surface area contributed by atoms with Gasteiger partial charge in [-0.2, -0.15) is 0 Å². The minimum absolute atomic E-state index is 0.116. The maximum absolute atomic E-state index is 10.9. The molecule has 0 aromatic heterocycles. The Morgan fingerprint density at radius 3 is 2.53 bits per heavy atom. The van der Waals surface area contributed by atoms with E-state index in [0.29, 0.717) is 0 Å². The lowest BCUT2D eigenvalue weighted by Crippen LogP contribution is -2.60. The summed E-state index contributed by atoms with van der Waals surface area (Å²) < 4.78 is 5.51. The third-order valence-electron chi connectivity index (χ3n) is 2.94. The van der Waals surface area contributed by atoms with Crippen LogP contribution in [0.4, 0.5) is 0 Å². The Morgan fingerprint density at radius 1 is 1.47 bits per heavy atom. The van der Waals surface area contributed by atoms with Gasteiger partial charge in [0.05, 0.1) is 31.0 Å². The molecule has 0 aliphatic carbocycles. The molecule has 5 atom stereocenters. The monoisotopic (exact) mass is 217 g/mol. The van der Waals surface area contributed by atoms with Crippen molar-refractivity contribution in [1.29, 1.82) is 0 Å². The maximum atomic E-state index is 10.9. The fourth-order valence-corrected chi connectivity index (χ4v) is 1.96. The van der Waals surface area contributed by atoms with E-state index in [1.807, 2.05) is 0 Å². The van der Waals surface area contributed by atoms with Gasteiger partial charge in [-0.15, -0.1) is 0 Å². The van der Waals surface area contributed by atoms with Gasteiger partial charge in [0.15, 0.2) is 0 Å². The molecule has 1 rings (SSSR count). The second-order valence-electron chi connectivity index (χ2n) is 4.14. The summed E-state index contributed by atoms with van der Waals surface area (Å²) in [5, 5.41) is 21.7. The number of ether oxygens (including phenoxy) is 1. The van der Waals surface area contributed by atoms with Gasteiger partial charge in [0.2, 0.25) is 5.91 Å².